The zero-order valence-electron chi connectivity index (χ0n) is 33.1. The smallest absolute Gasteiger partial charge is 0.456 e. The molecule has 3 aromatic carbocycles. The predicted molar refractivity (Wildman–Crippen MR) is 239 cm³/mol. The van der Waals surface area contributed by atoms with Gasteiger partial charge in [-0.1, -0.05) is 18.2 Å². The predicted octanol–water partition coefficient (Wildman–Crippen LogP) is 6.91. The zero-order valence-corrected chi connectivity index (χ0v) is 36.6. The number of piperidine rings is 1. The SMILES string of the molecule is CC[N+](CC)=c1ccc2c(-c3ccccc3C(=O)N3CCC(NC(=O)CCC(=O)Nc4ccc([As]5SCCS5)cc4)CC3)cc(-c3ccc(N(C)C)cc3)oc-2c1. The minimum Gasteiger partial charge on any atom is -0.456 e. The fourth-order valence-corrected chi connectivity index (χ4v) is 21.5. The van der Waals surface area contributed by atoms with Gasteiger partial charge in [-0.2, -0.15) is 0 Å². The molecular formula is C45H51AsN5O4S2+. The van der Waals surface area contributed by atoms with Crippen LogP contribution in [-0.2, 0) is 9.59 Å². The third-order valence-corrected chi connectivity index (χ3v) is 24.3. The van der Waals surface area contributed by atoms with E-state index >= 15 is 0 Å². The van der Waals surface area contributed by atoms with Crippen molar-refractivity contribution < 1.29 is 18.8 Å². The Bertz CT molecular complexity index is 2240. The van der Waals surface area contributed by atoms with Crippen LogP contribution in [0.3, 0.4) is 0 Å². The summed E-state index contributed by atoms with van der Waals surface area (Å²) in [5.41, 5.74) is 6.17. The van der Waals surface area contributed by atoms with Gasteiger partial charge < -0.3 is 14.2 Å². The van der Waals surface area contributed by atoms with Crippen molar-refractivity contribution in [1.82, 2.24) is 14.8 Å². The molecule has 12 heteroatoms. The first-order valence-electron chi connectivity index (χ1n) is 19.8. The number of hydrogen-bond acceptors (Lipinski definition) is 7. The van der Waals surface area contributed by atoms with Crippen LogP contribution in [-0.4, -0.2) is 92.8 Å². The third kappa shape index (κ3) is 9.82. The number of nitrogens with zero attached hydrogens (tertiary/aromatic N) is 3. The van der Waals surface area contributed by atoms with Gasteiger partial charge in [0.25, 0.3) is 5.91 Å². The first kappa shape index (κ1) is 40.7. The van der Waals surface area contributed by atoms with Crippen LogP contribution in [0.25, 0.3) is 33.8 Å². The van der Waals surface area contributed by atoms with Gasteiger partial charge in [0.15, 0.2) is 0 Å². The van der Waals surface area contributed by atoms with E-state index in [0.717, 1.165) is 63.6 Å². The van der Waals surface area contributed by atoms with Crippen LogP contribution < -0.4 is 29.8 Å². The van der Waals surface area contributed by atoms with E-state index in [1.165, 1.54) is 15.9 Å². The van der Waals surface area contributed by atoms with Crippen molar-refractivity contribution in [3.63, 3.8) is 0 Å². The van der Waals surface area contributed by atoms with E-state index in [-0.39, 0.29) is 36.6 Å². The summed E-state index contributed by atoms with van der Waals surface area (Å²) in [5.74, 6) is 3.60. The van der Waals surface area contributed by atoms with E-state index in [0.29, 0.717) is 31.5 Å². The van der Waals surface area contributed by atoms with Crippen molar-refractivity contribution in [3.8, 4) is 33.8 Å². The van der Waals surface area contributed by atoms with Gasteiger partial charge in [0.1, 0.15) is 24.6 Å². The molecular weight excluding hydrogens is 814 g/mol. The number of likely N-dealkylation sites (tertiary alicyclic amines) is 1. The number of carbonyl (C=O) groups is 3. The van der Waals surface area contributed by atoms with Gasteiger partial charge in [0.05, 0.1) is 6.07 Å². The number of hydrogen-bond donors (Lipinski definition) is 2. The van der Waals surface area contributed by atoms with Gasteiger partial charge in [0, 0.05) is 55.6 Å². The van der Waals surface area contributed by atoms with E-state index in [1.807, 2.05) is 55.4 Å². The number of nitrogens with one attached hydrogen (secondary N) is 2. The Morgan fingerprint density at radius 1 is 0.789 bits per heavy atom. The Labute approximate surface area is 346 Å². The van der Waals surface area contributed by atoms with Gasteiger partial charge in [0.2, 0.25) is 5.36 Å². The molecule has 1 aliphatic carbocycles. The average Bonchev–Trinajstić information content (AvgIpc) is 3.79. The normalized spacial score (nSPS) is 14.8. The van der Waals surface area contributed by atoms with E-state index in [4.69, 9.17) is 4.42 Å². The van der Waals surface area contributed by atoms with Crippen LogP contribution in [0.2, 0.25) is 0 Å². The summed E-state index contributed by atoms with van der Waals surface area (Å²) in [6, 6.07) is 32.7. The second-order valence-corrected chi connectivity index (χ2v) is 26.3. The minimum atomic E-state index is -1.04. The number of carbonyl (C=O) groups excluding carboxylic acids is 3. The number of rotatable bonds is 12. The van der Waals surface area contributed by atoms with Crippen molar-refractivity contribution in [2.75, 3.05) is 62.0 Å². The van der Waals surface area contributed by atoms with Crippen molar-refractivity contribution >= 4 is 65.8 Å². The average molecular weight is 865 g/mol. The maximum atomic E-state index is 14.3. The van der Waals surface area contributed by atoms with Crippen molar-refractivity contribution in [3.05, 3.63) is 108 Å². The molecule has 0 unspecified atom stereocenters. The van der Waals surface area contributed by atoms with Crippen molar-refractivity contribution in [2.45, 2.75) is 45.6 Å². The number of fused-ring (bicyclic) bond motifs is 1. The first-order valence-corrected chi connectivity index (χ1v) is 27.2. The molecule has 0 bridgehead atoms. The summed E-state index contributed by atoms with van der Waals surface area (Å²) in [4.78, 5) is 43.8. The van der Waals surface area contributed by atoms with Gasteiger partial charge in [-0.05, 0) is 67.4 Å². The molecule has 0 saturated carbocycles. The van der Waals surface area contributed by atoms with E-state index < -0.39 is 12.3 Å². The summed E-state index contributed by atoms with van der Waals surface area (Å²) in [6.07, 6.45) is 1.53. The summed E-state index contributed by atoms with van der Waals surface area (Å²) < 4.78 is 10.3. The first-order chi connectivity index (χ1) is 27.7. The molecule has 2 N–H and O–H groups in total. The molecule has 2 fully saturated rings. The standard InChI is InChI=1S/C45H50AsN5O4S2/c1-5-50(6-2)36-19-20-38-40(30-41(55-42(38)29-36)31-11-17-35(18-12-31)49(3)4)37-9-7-8-10-39(37)45(54)51-25-23-34(24-26-51)48-44(53)22-21-43(52)47-33-15-13-32(14-16-33)46-56-27-28-57-46/h7-20,29-30,34H,5-6,21-28H2,1-4H3,(H-,47,48,52,53)/p+1. The molecule has 3 aliphatic heterocycles. The maximum absolute atomic E-state index is 14.3. The fourth-order valence-electron chi connectivity index (χ4n) is 7.39. The topological polar surface area (TPSA) is 97.9 Å². The van der Waals surface area contributed by atoms with Crippen molar-refractivity contribution in [1.29, 1.82) is 0 Å². The molecule has 3 heterocycles. The Balaban J connectivity index is 1.02. The van der Waals surface area contributed by atoms with E-state index in [9.17, 15) is 14.4 Å². The Kier molecular flexibility index (Phi) is 13.5. The number of anilines is 2. The molecule has 7 rings (SSSR count). The Morgan fingerprint density at radius 2 is 1.47 bits per heavy atom. The van der Waals surface area contributed by atoms with Crippen LogP contribution in [0.4, 0.5) is 11.4 Å². The van der Waals surface area contributed by atoms with Crippen LogP contribution in [0, 0.1) is 0 Å². The molecule has 0 spiro atoms. The number of benzene rings is 4. The Hall–Kier alpha value is -4.44. The quantitative estimate of drug-likeness (QED) is 0.104. The molecule has 57 heavy (non-hydrogen) atoms. The van der Waals surface area contributed by atoms with E-state index in [1.54, 1.807) is 0 Å². The molecule has 3 amide bonds. The summed E-state index contributed by atoms with van der Waals surface area (Å²) in [7, 11) is 8.24. The van der Waals surface area contributed by atoms with Crippen molar-refractivity contribution in [2.24, 2.45) is 0 Å². The van der Waals surface area contributed by atoms with E-state index in [2.05, 4.69) is 115 Å². The molecule has 3 aromatic rings. The molecule has 0 aromatic heterocycles. The van der Waals surface area contributed by atoms with Crippen LogP contribution in [0.1, 0.15) is 49.9 Å². The molecule has 9 nitrogen and oxygen atoms in total. The van der Waals surface area contributed by atoms with Gasteiger partial charge in [-0.15, -0.1) is 0 Å². The summed E-state index contributed by atoms with van der Waals surface area (Å²) >= 11 is -1.04. The molecule has 0 atom stereocenters. The second kappa shape index (κ2) is 18.9. The van der Waals surface area contributed by atoms with Gasteiger partial charge in [-0.3, -0.25) is 4.79 Å². The van der Waals surface area contributed by atoms with Gasteiger partial charge >= 0.3 is 142 Å². The fraction of sp³-hybridized carbons (Fsp3) is 0.333. The molecule has 296 valence electrons. The zero-order chi connectivity index (χ0) is 39.9. The summed E-state index contributed by atoms with van der Waals surface area (Å²) in [5, 5.41) is 7.14. The molecule has 2 saturated heterocycles. The van der Waals surface area contributed by atoms with Gasteiger partial charge in [-0.25, -0.2) is 4.58 Å². The monoisotopic (exact) mass is 864 g/mol. The van der Waals surface area contributed by atoms with Crippen LogP contribution in [0.15, 0.2) is 101 Å². The second-order valence-electron chi connectivity index (χ2n) is 14.5. The number of amides is 3. The Morgan fingerprint density at radius 3 is 2.16 bits per heavy atom. The molecule has 0 radical (unpaired) electrons. The third-order valence-electron chi connectivity index (χ3n) is 10.6. The summed E-state index contributed by atoms with van der Waals surface area (Å²) in [6.45, 7) is 7.11. The van der Waals surface area contributed by atoms with Crippen LogP contribution in [0.5, 0.6) is 0 Å². The molecule has 4 aliphatic rings. The minimum absolute atomic E-state index is 0.0334. The van der Waals surface area contributed by atoms with Crippen LogP contribution >= 0.6 is 20.0 Å².